The minimum absolute atomic E-state index is 0.104. The summed E-state index contributed by atoms with van der Waals surface area (Å²) in [6.45, 7) is 0.241. The fourth-order valence-electron chi connectivity index (χ4n) is 1.39. The first kappa shape index (κ1) is 12.4. The maximum Gasteiger partial charge on any atom is 0.339 e. The zero-order valence-electron chi connectivity index (χ0n) is 9.62. The van der Waals surface area contributed by atoms with Crippen LogP contribution >= 0.6 is 11.3 Å². The highest BCUT2D eigenvalue weighted by Crippen LogP contribution is 2.25. The Morgan fingerprint density at radius 1 is 1.50 bits per heavy atom. The molecule has 0 spiro atoms. The molecule has 0 saturated carbocycles. The van der Waals surface area contributed by atoms with Crippen molar-refractivity contribution in [3.63, 3.8) is 0 Å². The van der Waals surface area contributed by atoms with E-state index in [2.05, 4.69) is 4.98 Å². The molecule has 0 aliphatic rings. The molecule has 1 aromatic carbocycles. The topological polar surface area (TPSA) is 68.7 Å². The van der Waals surface area contributed by atoms with Gasteiger partial charge in [-0.15, -0.1) is 11.3 Å². The van der Waals surface area contributed by atoms with E-state index in [4.69, 9.17) is 14.6 Å². The summed E-state index contributed by atoms with van der Waals surface area (Å²) >= 11 is 1.45. The maximum absolute atomic E-state index is 11.0. The maximum atomic E-state index is 11.0. The number of hydrogen-bond acceptors (Lipinski definition) is 5. The van der Waals surface area contributed by atoms with Gasteiger partial charge in [-0.2, -0.15) is 0 Å². The van der Waals surface area contributed by atoms with Gasteiger partial charge in [0.1, 0.15) is 28.7 Å². The average Bonchev–Trinajstić information content (AvgIpc) is 2.88. The normalized spacial score (nSPS) is 10.1. The van der Waals surface area contributed by atoms with Crippen LogP contribution in [0, 0.1) is 0 Å². The van der Waals surface area contributed by atoms with Crippen LogP contribution in [0.25, 0.3) is 0 Å². The van der Waals surface area contributed by atoms with E-state index >= 15 is 0 Å². The van der Waals surface area contributed by atoms with Crippen molar-refractivity contribution in [2.24, 2.45) is 0 Å². The Morgan fingerprint density at radius 2 is 2.33 bits per heavy atom. The number of aromatic nitrogens is 1. The lowest BCUT2D eigenvalue weighted by Gasteiger charge is -2.09. The molecular formula is C12H11NO4S. The van der Waals surface area contributed by atoms with Crippen molar-refractivity contribution in [2.45, 2.75) is 6.61 Å². The van der Waals surface area contributed by atoms with Gasteiger partial charge in [0, 0.05) is 17.6 Å². The molecule has 0 amide bonds. The predicted octanol–water partition coefficient (Wildman–Crippen LogP) is 2.43. The molecule has 0 radical (unpaired) electrons. The van der Waals surface area contributed by atoms with Gasteiger partial charge in [0.2, 0.25) is 0 Å². The van der Waals surface area contributed by atoms with Crippen molar-refractivity contribution in [3.8, 4) is 11.5 Å². The standard InChI is InChI=1S/C12H11NO4S/c1-16-8-2-3-9(12(14)15)10(6-8)17-7-11-13-4-5-18-11/h2-6H,7H2,1H3,(H,14,15). The Labute approximate surface area is 108 Å². The van der Waals surface area contributed by atoms with Gasteiger partial charge in [0.25, 0.3) is 0 Å². The van der Waals surface area contributed by atoms with Crippen LogP contribution in [-0.2, 0) is 6.61 Å². The molecule has 0 fully saturated rings. The van der Waals surface area contributed by atoms with Gasteiger partial charge >= 0.3 is 5.97 Å². The van der Waals surface area contributed by atoms with E-state index < -0.39 is 5.97 Å². The SMILES string of the molecule is COc1ccc(C(=O)O)c(OCc2nccs2)c1. The Hall–Kier alpha value is -2.08. The highest BCUT2D eigenvalue weighted by molar-refractivity contribution is 7.09. The summed E-state index contributed by atoms with van der Waals surface area (Å²) in [5, 5.41) is 11.7. The third-order valence-corrected chi connectivity index (χ3v) is 3.01. The van der Waals surface area contributed by atoms with Gasteiger partial charge in [-0.25, -0.2) is 9.78 Å². The van der Waals surface area contributed by atoms with E-state index in [1.165, 1.54) is 24.5 Å². The Balaban J connectivity index is 2.20. The van der Waals surface area contributed by atoms with Gasteiger partial charge in [0.05, 0.1) is 7.11 Å². The molecule has 2 aromatic rings. The second-order valence-corrected chi connectivity index (χ2v) is 4.36. The van der Waals surface area contributed by atoms with Crippen LogP contribution in [0.4, 0.5) is 0 Å². The van der Waals surface area contributed by atoms with Gasteiger partial charge in [-0.3, -0.25) is 0 Å². The van der Waals surface area contributed by atoms with Crippen molar-refractivity contribution in [2.75, 3.05) is 7.11 Å². The van der Waals surface area contributed by atoms with Gasteiger partial charge in [-0.05, 0) is 12.1 Å². The molecule has 18 heavy (non-hydrogen) atoms. The largest absolute Gasteiger partial charge is 0.497 e. The molecule has 6 heteroatoms. The molecule has 0 bridgehead atoms. The summed E-state index contributed by atoms with van der Waals surface area (Å²) in [6, 6.07) is 4.59. The molecule has 2 rings (SSSR count). The summed E-state index contributed by atoms with van der Waals surface area (Å²) in [5.41, 5.74) is 0.104. The highest BCUT2D eigenvalue weighted by Gasteiger charge is 2.13. The molecule has 0 atom stereocenters. The summed E-state index contributed by atoms with van der Waals surface area (Å²) in [5.74, 6) is -0.210. The van der Waals surface area contributed by atoms with Crippen molar-refractivity contribution in [3.05, 3.63) is 40.3 Å². The van der Waals surface area contributed by atoms with E-state index in [1.807, 2.05) is 5.38 Å². The smallest absolute Gasteiger partial charge is 0.339 e. The van der Waals surface area contributed by atoms with Crippen LogP contribution in [0.1, 0.15) is 15.4 Å². The van der Waals surface area contributed by atoms with Crippen LogP contribution in [-0.4, -0.2) is 23.2 Å². The van der Waals surface area contributed by atoms with Crippen LogP contribution in [0.2, 0.25) is 0 Å². The average molecular weight is 265 g/mol. The number of benzene rings is 1. The molecule has 1 heterocycles. The van der Waals surface area contributed by atoms with Crippen molar-refractivity contribution in [1.29, 1.82) is 0 Å². The molecule has 0 unspecified atom stereocenters. The first-order valence-corrected chi connectivity index (χ1v) is 6.01. The minimum atomic E-state index is -1.04. The number of carbonyl (C=O) groups is 1. The number of aromatic carboxylic acids is 1. The predicted molar refractivity (Wildman–Crippen MR) is 66.4 cm³/mol. The Morgan fingerprint density at radius 3 is 2.94 bits per heavy atom. The number of methoxy groups -OCH3 is 1. The van der Waals surface area contributed by atoms with Crippen LogP contribution < -0.4 is 9.47 Å². The molecule has 94 valence electrons. The van der Waals surface area contributed by atoms with Crippen LogP contribution in [0.15, 0.2) is 29.8 Å². The lowest BCUT2D eigenvalue weighted by Crippen LogP contribution is -2.03. The molecule has 1 aromatic heterocycles. The van der Waals surface area contributed by atoms with Crippen molar-refractivity contribution >= 4 is 17.3 Å². The first-order valence-electron chi connectivity index (χ1n) is 5.13. The number of ether oxygens (including phenoxy) is 2. The van der Waals surface area contributed by atoms with Crippen molar-refractivity contribution in [1.82, 2.24) is 4.98 Å². The molecular weight excluding hydrogens is 254 g/mol. The first-order chi connectivity index (χ1) is 8.70. The number of rotatable bonds is 5. The zero-order valence-corrected chi connectivity index (χ0v) is 10.4. The van der Waals surface area contributed by atoms with E-state index in [1.54, 1.807) is 18.3 Å². The molecule has 0 aliphatic heterocycles. The van der Waals surface area contributed by atoms with E-state index in [0.29, 0.717) is 5.75 Å². The molecule has 5 nitrogen and oxygen atoms in total. The zero-order chi connectivity index (χ0) is 13.0. The fraction of sp³-hybridized carbons (Fsp3) is 0.167. The minimum Gasteiger partial charge on any atom is -0.497 e. The molecule has 1 N–H and O–H groups in total. The second kappa shape index (κ2) is 5.50. The second-order valence-electron chi connectivity index (χ2n) is 3.38. The van der Waals surface area contributed by atoms with Crippen LogP contribution in [0.5, 0.6) is 11.5 Å². The number of carboxylic acids is 1. The lowest BCUT2D eigenvalue weighted by atomic mass is 10.2. The number of hydrogen-bond donors (Lipinski definition) is 1. The summed E-state index contributed by atoms with van der Waals surface area (Å²) in [6.07, 6.45) is 1.67. The summed E-state index contributed by atoms with van der Waals surface area (Å²) in [4.78, 5) is 15.1. The third kappa shape index (κ3) is 2.78. The van der Waals surface area contributed by atoms with Gasteiger partial charge in [0.15, 0.2) is 0 Å². The Bertz CT molecular complexity index is 539. The summed E-state index contributed by atoms with van der Waals surface area (Å²) < 4.78 is 10.5. The van der Waals surface area contributed by atoms with E-state index in [0.717, 1.165) is 5.01 Å². The van der Waals surface area contributed by atoms with Crippen molar-refractivity contribution < 1.29 is 19.4 Å². The number of carboxylic acid groups (broad SMARTS) is 1. The van der Waals surface area contributed by atoms with E-state index in [-0.39, 0.29) is 17.9 Å². The van der Waals surface area contributed by atoms with Gasteiger partial charge < -0.3 is 14.6 Å². The number of nitrogens with zero attached hydrogens (tertiary/aromatic N) is 1. The molecule has 0 aliphatic carbocycles. The number of thiazole rings is 1. The fourth-order valence-corrected chi connectivity index (χ4v) is 1.92. The quantitative estimate of drug-likeness (QED) is 0.899. The Kier molecular flexibility index (Phi) is 3.78. The lowest BCUT2D eigenvalue weighted by molar-refractivity contribution is 0.0691. The summed E-state index contributed by atoms with van der Waals surface area (Å²) in [7, 11) is 1.51. The van der Waals surface area contributed by atoms with Gasteiger partial charge in [-0.1, -0.05) is 0 Å². The third-order valence-electron chi connectivity index (χ3n) is 2.25. The molecule has 0 saturated heterocycles. The van der Waals surface area contributed by atoms with E-state index in [9.17, 15) is 4.79 Å². The monoisotopic (exact) mass is 265 g/mol. The highest BCUT2D eigenvalue weighted by atomic mass is 32.1. The van der Waals surface area contributed by atoms with Crippen LogP contribution in [0.3, 0.4) is 0 Å².